The third-order valence-electron chi connectivity index (χ3n) is 4.99. The van der Waals surface area contributed by atoms with Crippen molar-refractivity contribution >= 4 is 0 Å². The molecular weight excluding hydrogens is 208 g/mol. The highest BCUT2D eigenvalue weighted by molar-refractivity contribution is 4.81. The fourth-order valence-electron chi connectivity index (χ4n) is 3.54. The van der Waals surface area contributed by atoms with Gasteiger partial charge in [-0.2, -0.15) is 0 Å². The van der Waals surface area contributed by atoms with E-state index in [9.17, 15) is 0 Å². The van der Waals surface area contributed by atoms with E-state index in [-0.39, 0.29) is 0 Å². The van der Waals surface area contributed by atoms with Crippen LogP contribution < -0.4 is 5.32 Å². The van der Waals surface area contributed by atoms with E-state index in [1.807, 2.05) is 0 Å². The predicted octanol–water partition coefficient (Wildman–Crippen LogP) is 2.60. The number of hydrogen-bond donors (Lipinski definition) is 1. The second kappa shape index (κ2) is 6.19. The molecule has 2 aliphatic rings. The van der Waals surface area contributed by atoms with Gasteiger partial charge in [0.2, 0.25) is 0 Å². The monoisotopic (exact) mass is 238 g/mol. The second-order valence-corrected chi connectivity index (χ2v) is 6.62. The fourth-order valence-corrected chi connectivity index (χ4v) is 3.54. The van der Waals surface area contributed by atoms with Crippen LogP contribution in [-0.4, -0.2) is 37.6 Å². The van der Waals surface area contributed by atoms with Crippen LogP contribution in [0.5, 0.6) is 0 Å². The molecule has 2 saturated heterocycles. The zero-order valence-corrected chi connectivity index (χ0v) is 11.9. The first-order valence-corrected chi connectivity index (χ1v) is 7.60. The lowest BCUT2D eigenvalue weighted by Crippen LogP contribution is -2.36. The van der Waals surface area contributed by atoms with Gasteiger partial charge in [-0.15, -0.1) is 0 Å². The number of piperidine rings is 1. The maximum atomic E-state index is 3.47. The van der Waals surface area contributed by atoms with Crippen molar-refractivity contribution < 1.29 is 0 Å². The Kier molecular flexibility index (Phi) is 4.87. The molecule has 17 heavy (non-hydrogen) atoms. The van der Waals surface area contributed by atoms with E-state index in [1.165, 1.54) is 52.0 Å². The summed E-state index contributed by atoms with van der Waals surface area (Å²) in [6.07, 6.45) is 4.21. The molecule has 2 unspecified atom stereocenters. The lowest BCUT2D eigenvalue weighted by atomic mass is 9.86. The van der Waals surface area contributed by atoms with Gasteiger partial charge in [0.15, 0.2) is 0 Å². The number of nitrogens with zero attached hydrogens (tertiary/aromatic N) is 1. The molecule has 0 aromatic rings. The number of rotatable bonds is 4. The second-order valence-electron chi connectivity index (χ2n) is 6.62. The summed E-state index contributed by atoms with van der Waals surface area (Å²) < 4.78 is 0. The van der Waals surface area contributed by atoms with Gasteiger partial charge in [-0.25, -0.2) is 0 Å². The largest absolute Gasteiger partial charge is 0.317 e. The Balaban J connectivity index is 1.73. The molecule has 0 spiro atoms. The maximum absolute atomic E-state index is 3.47. The van der Waals surface area contributed by atoms with Crippen LogP contribution >= 0.6 is 0 Å². The predicted molar refractivity (Wildman–Crippen MR) is 74.1 cm³/mol. The van der Waals surface area contributed by atoms with Crippen LogP contribution in [0.25, 0.3) is 0 Å². The average Bonchev–Trinajstić information content (AvgIpc) is 2.79. The molecule has 0 aromatic carbocycles. The minimum absolute atomic E-state index is 0.870. The average molecular weight is 238 g/mol. The van der Waals surface area contributed by atoms with Crippen molar-refractivity contribution in [1.82, 2.24) is 10.2 Å². The molecule has 0 aromatic heterocycles. The topological polar surface area (TPSA) is 15.3 Å². The van der Waals surface area contributed by atoms with Gasteiger partial charge in [0.05, 0.1) is 0 Å². The Morgan fingerprint density at radius 3 is 2.35 bits per heavy atom. The summed E-state index contributed by atoms with van der Waals surface area (Å²) in [5.74, 6) is 3.68. The first kappa shape index (κ1) is 13.4. The van der Waals surface area contributed by atoms with E-state index < -0.39 is 0 Å². The van der Waals surface area contributed by atoms with E-state index >= 15 is 0 Å². The van der Waals surface area contributed by atoms with Crippen LogP contribution in [0.4, 0.5) is 0 Å². The van der Waals surface area contributed by atoms with Crippen molar-refractivity contribution in [3.8, 4) is 0 Å². The van der Waals surface area contributed by atoms with Gasteiger partial charge in [-0.3, -0.25) is 0 Å². The Bertz CT molecular complexity index is 221. The zero-order valence-electron chi connectivity index (χ0n) is 11.9. The fraction of sp³-hybridized carbons (Fsp3) is 1.00. The summed E-state index contributed by atoms with van der Waals surface area (Å²) in [5, 5.41) is 3.47. The summed E-state index contributed by atoms with van der Waals surface area (Å²) >= 11 is 0. The molecule has 1 N–H and O–H groups in total. The standard InChI is InChI=1S/C15H30N2/c1-12(2)15-6-9-17(11-15)10-13(3)14-4-7-16-8-5-14/h12-16H,4-11H2,1-3H3. The summed E-state index contributed by atoms with van der Waals surface area (Å²) in [4.78, 5) is 2.72. The normalized spacial score (nSPS) is 30.0. The van der Waals surface area contributed by atoms with Crippen LogP contribution in [0, 0.1) is 23.7 Å². The van der Waals surface area contributed by atoms with Gasteiger partial charge in [0, 0.05) is 13.1 Å². The maximum Gasteiger partial charge on any atom is 0.00127 e. The Labute approximate surface area is 107 Å². The van der Waals surface area contributed by atoms with Crippen LogP contribution in [0.15, 0.2) is 0 Å². The SMILES string of the molecule is CC(C)C1CCN(CC(C)C2CCNCC2)C1. The highest BCUT2D eigenvalue weighted by Crippen LogP contribution is 2.27. The van der Waals surface area contributed by atoms with E-state index in [2.05, 4.69) is 31.0 Å². The summed E-state index contributed by atoms with van der Waals surface area (Å²) in [6.45, 7) is 13.7. The Morgan fingerprint density at radius 1 is 1.06 bits per heavy atom. The quantitative estimate of drug-likeness (QED) is 0.810. The number of likely N-dealkylation sites (tertiary alicyclic amines) is 1. The minimum atomic E-state index is 0.870. The van der Waals surface area contributed by atoms with Crippen LogP contribution in [0.3, 0.4) is 0 Å². The molecule has 0 aliphatic carbocycles. The molecule has 2 heterocycles. The number of nitrogens with one attached hydrogen (secondary N) is 1. The third-order valence-corrected chi connectivity index (χ3v) is 4.99. The molecule has 0 bridgehead atoms. The summed E-state index contributed by atoms with van der Waals surface area (Å²) in [7, 11) is 0. The molecule has 2 nitrogen and oxygen atoms in total. The molecular formula is C15H30N2. The third kappa shape index (κ3) is 3.69. The highest BCUT2D eigenvalue weighted by atomic mass is 15.1. The lowest BCUT2D eigenvalue weighted by Gasteiger charge is -2.31. The van der Waals surface area contributed by atoms with E-state index in [0.29, 0.717) is 0 Å². The minimum Gasteiger partial charge on any atom is -0.317 e. The highest BCUT2D eigenvalue weighted by Gasteiger charge is 2.28. The molecule has 2 heteroatoms. The first-order valence-electron chi connectivity index (χ1n) is 7.60. The lowest BCUT2D eigenvalue weighted by molar-refractivity contribution is 0.194. The van der Waals surface area contributed by atoms with Crippen molar-refractivity contribution in [3.05, 3.63) is 0 Å². The molecule has 0 amide bonds. The van der Waals surface area contributed by atoms with Crippen molar-refractivity contribution in [2.24, 2.45) is 23.7 Å². The molecule has 2 fully saturated rings. The van der Waals surface area contributed by atoms with Crippen molar-refractivity contribution in [2.45, 2.75) is 40.0 Å². The molecule has 2 atom stereocenters. The van der Waals surface area contributed by atoms with E-state index in [1.54, 1.807) is 0 Å². The van der Waals surface area contributed by atoms with Crippen molar-refractivity contribution in [3.63, 3.8) is 0 Å². The van der Waals surface area contributed by atoms with Gasteiger partial charge >= 0.3 is 0 Å². The summed E-state index contributed by atoms with van der Waals surface area (Å²) in [6, 6.07) is 0. The number of hydrogen-bond acceptors (Lipinski definition) is 2. The van der Waals surface area contributed by atoms with Gasteiger partial charge < -0.3 is 10.2 Å². The molecule has 0 radical (unpaired) electrons. The molecule has 0 saturated carbocycles. The van der Waals surface area contributed by atoms with E-state index in [0.717, 1.165) is 23.7 Å². The molecule has 100 valence electrons. The van der Waals surface area contributed by atoms with Crippen molar-refractivity contribution in [1.29, 1.82) is 0 Å². The van der Waals surface area contributed by atoms with Crippen molar-refractivity contribution in [2.75, 3.05) is 32.7 Å². The van der Waals surface area contributed by atoms with Crippen LogP contribution in [-0.2, 0) is 0 Å². The van der Waals surface area contributed by atoms with Gasteiger partial charge in [-0.05, 0) is 62.6 Å². The van der Waals surface area contributed by atoms with Crippen LogP contribution in [0.1, 0.15) is 40.0 Å². The molecule has 2 rings (SSSR count). The van der Waals surface area contributed by atoms with Gasteiger partial charge in [0.25, 0.3) is 0 Å². The van der Waals surface area contributed by atoms with E-state index in [4.69, 9.17) is 0 Å². The Hall–Kier alpha value is -0.0800. The Morgan fingerprint density at radius 2 is 1.76 bits per heavy atom. The first-order chi connectivity index (χ1) is 8.16. The zero-order chi connectivity index (χ0) is 12.3. The summed E-state index contributed by atoms with van der Waals surface area (Å²) in [5.41, 5.74) is 0. The van der Waals surface area contributed by atoms with Gasteiger partial charge in [-0.1, -0.05) is 20.8 Å². The van der Waals surface area contributed by atoms with Crippen LogP contribution in [0.2, 0.25) is 0 Å². The molecule has 2 aliphatic heterocycles. The smallest absolute Gasteiger partial charge is 0.00127 e. The van der Waals surface area contributed by atoms with Gasteiger partial charge in [0.1, 0.15) is 0 Å².